The second-order valence-corrected chi connectivity index (χ2v) is 9.99. The monoisotopic (exact) mass is 431 g/mol. The van der Waals surface area contributed by atoms with Crippen LogP contribution in [0.15, 0.2) is 54.9 Å². The molecule has 0 radical (unpaired) electrons. The molecule has 0 saturated carbocycles. The summed E-state index contributed by atoms with van der Waals surface area (Å²) in [4.78, 5) is 6.38. The first kappa shape index (κ1) is 22.2. The third kappa shape index (κ3) is 4.75. The maximum Gasteiger partial charge on any atom is 0.151 e. The topological polar surface area (TPSA) is 63.2 Å². The lowest BCUT2D eigenvalue weighted by atomic mass is 9.79. The fraction of sp³-hybridized carbons (Fsp3) is 0.423. The number of nitrogens with one attached hydrogen (secondary N) is 1. The van der Waals surface area contributed by atoms with Gasteiger partial charge in [-0.25, -0.2) is 0 Å². The first-order valence-electron chi connectivity index (χ1n) is 11.1. The number of benzene rings is 1. The van der Waals surface area contributed by atoms with Crippen molar-refractivity contribution in [2.45, 2.75) is 57.7 Å². The predicted octanol–water partition coefficient (Wildman–Crippen LogP) is 4.96. The van der Waals surface area contributed by atoms with Gasteiger partial charge in [0.2, 0.25) is 0 Å². The number of hydrogen-bond donors (Lipinski definition) is 1. The molecule has 2 aromatic heterocycles. The smallest absolute Gasteiger partial charge is 0.151 e. The molecule has 0 atom stereocenters. The van der Waals surface area contributed by atoms with Crippen molar-refractivity contribution in [3.8, 4) is 28.1 Å². The number of pyridine rings is 1. The van der Waals surface area contributed by atoms with Crippen molar-refractivity contribution in [1.29, 1.82) is 0 Å². The third-order valence-electron chi connectivity index (χ3n) is 6.22. The van der Waals surface area contributed by atoms with Crippen LogP contribution in [0.3, 0.4) is 0 Å². The van der Waals surface area contributed by atoms with Gasteiger partial charge >= 0.3 is 0 Å². The number of methoxy groups -OCH3 is 1. The molecule has 0 amide bonds. The molecule has 1 saturated heterocycles. The van der Waals surface area contributed by atoms with Crippen molar-refractivity contribution < 1.29 is 4.74 Å². The molecule has 3 aromatic rings. The molecule has 1 fully saturated rings. The van der Waals surface area contributed by atoms with E-state index in [1.807, 2.05) is 30.3 Å². The predicted molar refractivity (Wildman–Crippen MR) is 130 cm³/mol. The first-order valence-corrected chi connectivity index (χ1v) is 11.1. The summed E-state index contributed by atoms with van der Waals surface area (Å²) in [5, 5.41) is 12.9. The molecule has 1 aromatic carbocycles. The van der Waals surface area contributed by atoms with Crippen molar-refractivity contribution in [1.82, 2.24) is 20.5 Å². The molecular formula is C26H33N5O. The van der Waals surface area contributed by atoms with E-state index in [1.54, 1.807) is 19.5 Å². The van der Waals surface area contributed by atoms with Crippen LogP contribution in [0.5, 0.6) is 5.75 Å². The van der Waals surface area contributed by atoms with E-state index in [9.17, 15) is 0 Å². The molecule has 6 heteroatoms. The zero-order valence-corrected chi connectivity index (χ0v) is 19.9. The third-order valence-corrected chi connectivity index (χ3v) is 6.22. The van der Waals surface area contributed by atoms with Gasteiger partial charge in [0.15, 0.2) is 5.82 Å². The van der Waals surface area contributed by atoms with E-state index in [0.717, 1.165) is 46.8 Å². The largest absolute Gasteiger partial charge is 0.496 e. The minimum Gasteiger partial charge on any atom is -0.496 e. The van der Waals surface area contributed by atoms with E-state index in [1.165, 1.54) is 0 Å². The normalized spacial score (nSPS) is 17.7. The van der Waals surface area contributed by atoms with Gasteiger partial charge in [-0.15, -0.1) is 10.2 Å². The Bertz CT molecular complexity index is 1050. The molecule has 1 N–H and O–H groups in total. The highest BCUT2D eigenvalue weighted by molar-refractivity contribution is 5.76. The van der Waals surface area contributed by atoms with Crippen molar-refractivity contribution in [2.75, 3.05) is 19.1 Å². The average Bonchev–Trinajstić information content (AvgIpc) is 2.77. The Kier molecular flexibility index (Phi) is 5.91. The van der Waals surface area contributed by atoms with Gasteiger partial charge in [0.25, 0.3) is 0 Å². The minimum atomic E-state index is 0.0782. The summed E-state index contributed by atoms with van der Waals surface area (Å²) in [6, 6.07) is 14.6. The summed E-state index contributed by atoms with van der Waals surface area (Å²) in [6.07, 6.45) is 5.70. The molecule has 0 spiro atoms. The Hall–Kier alpha value is -2.99. The maximum absolute atomic E-state index is 5.61. The quantitative estimate of drug-likeness (QED) is 0.616. The molecule has 0 aliphatic carbocycles. The van der Waals surface area contributed by atoms with E-state index >= 15 is 0 Å². The second-order valence-electron chi connectivity index (χ2n) is 9.99. The van der Waals surface area contributed by atoms with Crippen LogP contribution in [0, 0.1) is 0 Å². The number of anilines is 1. The highest BCUT2D eigenvalue weighted by Crippen LogP contribution is 2.35. The zero-order chi connectivity index (χ0) is 22.9. The standard InChI is InChI=1S/C26H33N5O/c1-25(2)16-20(17-26(3,4)30-25)31(5)24-10-8-22(28-29-24)21-15-19(7-9-23(21)32-6)18-11-13-27-14-12-18/h7-15,20,30H,16-17H2,1-6H3. The van der Waals surface area contributed by atoms with Crippen LogP contribution in [0.1, 0.15) is 40.5 Å². The molecule has 0 unspecified atom stereocenters. The van der Waals surface area contributed by atoms with Crippen LogP contribution in [0.25, 0.3) is 22.4 Å². The summed E-state index contributed by atoms with van der Waals surface area (Å²) >= 11 is 0. The Balaban J connectivity index is 1.61. The van der Waals surface area contributed by atoms with E-state index in [2.05, 4.69) is 72.3 Å². The van der Waals surface area contributed by atoms with Crippen LogP contribution in [0.4, 0.5) is 5.82 Å². The fourth-order valence-corrected chi connectivity index (χ4v) is 5.02. The van der Waals surface area contributed by atoms with Gasteiger partial charge in [0, 0.05) is 42.1 Å². The summed E-state index contributed by atoms with van der Waals surface area (Å²) < 4.78 is 5.61. The van der Waals surface area contributed by atoms with Crippen LogP contribution in [0.2, 0.25) is 0 Å². The van der Waals surface area contributed by atoms with E-state index < -0.39 is 0 Å². The number of nitrogens with zero attached hydrogens (tertiary/aromatic N) is 4. The Morgan fingerprint density at radius 3 is 2.19 bits per heavy atom. The fourth-order valence-electron chi connectivity index (χ4n) is 5.02. The van der Waals surface area contributed by atoms with Gasteiger partial charge in [-0.05, 0) is 88.1 Å². The molecule has 1 aliphatic rings. The maximum atomic E-state index is 5.61. The van der Waals surface area contributed by atoms with E-state index in [-0.39, 0.29) is 11.1 Å². The van der Waals surface area contributed by atoms with E-state index in [0.29, 0.717) is 6.04 Å². The summed E-state index contributed by atoms with van der Waals surface area (Å²) in [5.74, 6) is 1.66. The molecular weight excluding hydrogens is 398 g/mol. The number of aromatic nitrogens is 3. The van der Waals surface area contributed by atoms with Crippen LogP contribution in [-0.4, -0.2) is 46.5 Å². The average molecular weight is 432 g/mol. The highest BCUT2D eigenvalue weighted by Gasteiger charge is 2.39. The van der Waals surface area contributed by atoms with Crippen molar-refractivity contribution in [3.63, 3.8) is 0 Å². The molecule has 32 heavy (non-hydrogen) atoms. The van der Waals surface area contributed by atoms with Gasteiger partial charge in [0.05, 0.1) is 12.8 Å². The first-order chi connectivity index (χ1) is 15.2. The molecule has 3 heterocycles. The van der Waals surface area contributed by atoms with Gasteiger partial charge in [-0.1, -0.05) is 6.07 Å². The van der Waals surface area contributed by atoms with E-state index in [4.69, 9.17) is 4.74 Å². The van der Waals surface area contributed by atoms with Crippen LogP contribution in [-0.2, 0) is 0 Å². The lowest BCUT2D eigenvalue weighted by Crippen LogP contribution is -2.62. The van der Waals surface area contributed by atoms with Crippen molar-refractivity contribution in [3.05, 3.63) is 54.9 Å². The van der Waals surface area contributed by atoms with Gasteiger partial charge in [0.1, 0.15) is 5.75 Å². The van der Waals surface area contributed by atoms with Crippen LogP contribution >= 0.6 is 0 Å². The Morgan fingerprint density at radius 1 is 0.906 bits per heavy atom. The molecule has 168 valence electrons. The number of rotatable bonds is 5. The van der Waals surface area contributed by atoms with Gasteiger partial charge in [-0.2, -0.15) is 0 Å². The molecule has 4 rings (SSSR count). The Labute approximate surface area is 191 Å². The number of piperidine rings is 1. The van der Waals surface area contributed by atoms with Crippen LogP contribution < -0.4 is 15.0 Å². The zero-order valence-electron chi connectivity index (χ0n) is 19.9. The summed E-state index contributed by atoms with van der Waals surface area (Å²) in [5.41, 5.74) is 4.06. The lowest BCUT2D eigenvalue weighted by molar-refractivity contribution is 0.160. The number of ether oxygens (including phenoxy) is 1. The van der Waals surface area contributed by atoms with Gasteiger partial charge in [-0.3, -0.25) is 4.98 Å². The number of hydrogen-bond acceptors (Lipinski definition) is 6. The second kappa shape index (κ2) is 8.51. The Morgan fingerprint density at radius 2 is 1.59 bits per heavy atom. The minimum absolute atomic E-state index is 0.0782. The molecule has 1 aliphatic heterocycles. The van der Waals surface area contributed by atoms with Gasteiger partial charge < -0.3 is 15.0 Å². The molecule has 6 nitrogen and oxygen atoms in total. The van der Waals surface area contributed by atoms with Crippen molar-refractivity contribution in [2.24, 2.45) is 0 Å². The van der Waals surface area contributed by atoms with Crippen molar-refractivity contribution >= 4 is 5.82 Å². The lowest BCUT2D eigenvalue weighted by Gasteiger charge is -2.49. The molecule has 0 bridgehead atoms. The summed E-state index contributed by atoms with van der Waals surface area (Å²) in [6.45, 7) is 9.08. The highest BCUT2D eigenvalue weighted by atomic mass is 16.5. The SMILES string of the molecule is COc1ccc(-c2ccncc2)cc1-c1ccc(N(C)C2CC(C)(C)NC(C)(C)C2)nn1. The summed E-state index contributed by atoms with van der Waals surface area (Å²) in [7, 11) is 3.80.